The van der Waals surface area contributed by atoms with Gasteiger partial charge in [0.25, 0.3) is 0 Å². The Morgan fingerprint density at radius 3 is 2.85 bits per heavy atom. The van der Waals surface area contributed by atoms with Crippen molar-refractivity contribution in [2.24, 2.45) is 7.05 Å². The average molecular weight is 391 g/mol. The molecule has 27 heavy (non-hydrogen) atoms. The number of hydrogen-bond acceptors (Lipinski definition) is 5. The summed E-state index contributed by atoms with van der Waals surface area (Å²) in [5, 5.41) is 5.18. The average Bonchev–Trinajstić information content (AvgIpc) is 3.15. The Morgan fingerprint density at radius 1 is 1.33 bits per heavy atom. The van der Waals surface area contributed by atoms with Crippen molar-refractivity contribution in [3.8, 4) is 5.88 Å². The topological polar surface area (TPSA) is 52.4 Å². The van der Waals surface area contributed by atoms with Gasteiger partial charge in [0.2, 0.25) is 5.88 Å². The number of fused-ring (bicyclic) bond motifs is 1. The van der Waals surface area contributed by atoms with E-state index in [4.69, 9.17) is 21.1 Å². The highest BCUT2D eigenvalue weighted by Crippen LogP contribution is 2.44. The van der Waals surface area contributed by atoms with Crippen LogP contribution in [0.2, 0.25) is 5.15 Å². The number of aromatic nitrogens is 3. The second kappa shape index (κ2) is 7.41. The minimum atomic E-state index is -0.0907. The van der Waals surface area contributed by atoms with Crippen molar-refractivity contribution in [3.05, 3.63) is 40.8 Å². The number of aryl methyl sites for hydroxylation is 2. The molecule has 3 atom stereocenters. The molecule has 2 aromatic rings. The van der Waals surface area contributed by atoms with Gasteiger partial charge in [-0.05, 0) is 32.3 Å². The number of nitrogens with zero attached hydrogens (tertiary/aromatic N) is 4. The summed E-state index contributed by atoms with van der Waals surface area (Å²) >= 11 is 6.48. The molecule has 0 unspecified atom stereocenters. The molecule has 0 spiro atoms. The second-order valence-corrected chi connectivity index (χ2v) is 8.02. The fourth-order valence-electron chi connectivity index (χ4n) is 4.70. The standard InChI is InChI=1S/C20H27ClN4O2/c1-14-16(19(21)24(2)23-14)13-25-11-9-20(26-3)8-7-15(12-17(20)25)27-18-6-4-5-10-22-18/h4-6,10,15,17H,7-9,11-13H2,1-3H3/t15-,17-,20+/m0/s1. The maximum Gasteiger partial charge on any atom is 0.213 e. The molecule has 1 aliphatic heterocycles. The molecule has 0 amide bonds. The van der Waals surface area contributed by atoms with Gasteiger partial charge in [-0.15, -0.1) is 0 Å². The Hall–Kier alpha value is -1.63. The van der Waals surface area contributed by atoms with E-state index in [1.54, 1.807) is 10.9 Å². The van der Waals surface area contributed by atoms with Gasteiger partial charge in [-0.3, -0.25) is 9.58 Å². The smallest absolute Gasteiger partial charge is 0.213 e. The predicted molar refractivity (Wildman–Crippen MR) is 104 cm³/mol. The third-order valence-electron chi connectivity index (χ3n) is 6.21. The van der Waals surface area contributed by atoms with Crippen LogP contribution in [-0.2, 0) is 18.3 Å². The van der Waals surface area contributed by atoms with Crippen molar-refractivity contribution in [2.45, 2.75) is 56.9 Å². The van der Waals surface area contributed by atoms with Gasteiger partial charge in [0.05, 0.1) is 11.3 Å². The van der Waals surface area contributed by atoms with Crippen LogP contribution in [0.3, 0.4) is 0 Å². The summed E-state index contributed by atoms with van der Waals surface area (Å²) in [5.74, 6) is 0.697. The number of rotatable bonds is 5. The van der Waals surface area contributed by atoms with Gasteiger partial charge < -0.3 is 9.47 Å². The molecule has 0 radical (unpaired) electrons. The zero-order valence-corrected chi connectivity index (χ0v) is 16.9. The number of halogens is 1. The van der Waals surface area contributed by atoms with E-state index in [1.165, 1.54) is 0 Å². The van der Waals surface area contributed by atoms with Crippen molar-refractivity contribution >= 4 is 11.6 Å². The molecule has 2 fully saturated rings. The predicted octanol–water partition coefficient (Wildman–Crippen LogP) is 3.37. The van der Waals surface area contributed by atoms with Crippen LogP contribution in [0.1, 0.15) is 36.9 Å². The number of hydrogen-bond donors (Lipinski definition) is 0. The van der Waals surface area contributed by atoms with E-state index in [0.29, 0.717) is 11.9 Å². The molecule has 0 bridgehead atoms. The van der Waals surface area contributed by atoms with E-state index < -0.39 is 0 Å². The Bertz CT molecular complexity index is 797. The van der Waals surface area contributed by atoms with Gasteiger partial charge in [0.1, 0.15) is 11.3 Å². The maximum absolute atomic E-state index is 6.48. The summed E-state index contributed by atoms with van der Waals surface area (Å²) < 4.78 is 14.0. The molecule has 0 N–H and O–H groups in total. The van der Waals surface area contributed by atoms with Crippen LogP contribution >= 0.6 is 11.6 Å². The molecule has 6 nitrogen and oxygen atoms in total. The van der Waals surface area contributed by atoms with Crippen LogP contribution in [0, 0.1) is 6.92 Å². The molecule has 1 aliphatic carbocycles. The molecule has 2 aliphatic rings. The molecular formula is C20H27ClN4O2. The third kappa shape index (κ3) is 3.46. The maximum atomic E-state index is 6.48. The second-order valence-electron chi connectivity index (χ2n) is 7.67. The van der Waals surface area contributed by atoms with Gasteiger partial charge in [0, 0.05) is 57.5 Å². The van der Waals surface area contributed by atoms with E-state index in [9.17, 15) is 0 Å². The highest BCUT2D eigenvalue weighted by Gasteiger charge is 2.51. The lowest BCUT2D eigenvalue weighted by molar-refractivity contribution is -0.0843. The zero-order valence-electron chi connectivity index (χ0n) is 16.2. The van der Waals surface area contributed by atoms with Crippen molar-refractivity contribution < 1.29 is 9.47 Å². The fourth-order valence-corrected chi connectivity index (χ4v) is 4.93. The SMILES string of the molecule is CO[C@@]12CC[C@H](Oc3ccccn3)C[C@@H]1N(Cc1c(C)nn(C)c1Cl)CC2. The van der Waals surface area contributed by atoms with E-state index in [0.717, 1.165) is 55.2 Å². The Morgan fingerprint density at radius 2 is 2.19 bits per heavy atom. The van der Waals surface area contributed by atoms with Gasteiger partial charge in [-0.2, -0.15) is 5.10 Å². The molecule has 2 aromatic heterocycles. The minimum absolute atomic E-state index is 0.0907. The molecule has 146 valence electrons. The van der Waals surface area contributed by atoms with E-state index >= 15 is 0 Å². The van der Waals surface area contributed by atoms with Crippen LogP contribution in [0.15, 0.2) is 24.4 Å². The number of pyridine rings is 1. The van der Waals surface area contributed by atoms with Gasteiger partial charge >= 0.3 is 0 Å². The molecule has 1 saturated heterocycles. The largest absolute Gasteiger partial charge is 0.474 e. The van der Waals surface area contributed by atoms with Crippen LogP contribution in [0.25, 0.3) is 0 Å². The van der Waals surface area contributed by atoms with E-state index in [2.05, 4.69) is 15.0 Å². The van der Waals surface area contributed by atoms with E-state index in [1.807, 2.05) is 39.3 Å². The van der Waals surface area contributed by atoms with Crippen LogP contribution in [0.5, 0.6) is 5.88 Å². The highest BCUT2D eigenvalue weighted by atomic mass is 35.5. The number of likely N-dealkylation sites (tertiary alicyclic amines) is 1. The normalized spacial score (nSPS) is 28.3. The van der Waals surface area contributed by atoms with Crippen molar-refractivity contribution in [1.29, 1.82) is 0 Å². The first-order valence-electron chi connectivity index (χ1n) is 9.57. The van der Waals surface area contributed by atoms with Crippen LogP contribution in [0.4, 0.5) is 0 Å². The summed E-state index contributed by atoms with van der Waals surface area (Å²) in [7, 11) is 3.73. The Balaban J connectivity index is 1.52. The van der Waals surface area contributed by atoms with Gasteiger partial charge in [0.15, 0.2) is 0 Å². The lowest BCUT2D eigenvalue weighted by Gasteiger charge is -2.43. The first kappa shape index (κ1) is 18.7. The lowest BCUT2D eigenvalue weighted by Crippen LogP contribution is -2.52. The molecule has 7 heteroatoms. The molecule has 0 aromatic carbocycles. The molecule has 4 rings (SSSR count). The third-order valence-corrected chi connectivity index (χ3v) is 6.68. The molecular weight excluding hydrogens is 364 g/mol. The fraction of sp³-hybridized carbons (Fsp3) is 0.600. The van der Waals surface area contributed by atoms with E-state index in [-0.39, 0.29) is 11.7 Å². The molecule has 3 heterocycles. The molecule has 1 saturated carbocycles. The summed E-state index contributed by atoms with van der Waals surface area (Å²) in [4.78, 5) is 6.81. The number of methoxy groups -OCH3 is 1. The van der Waals surface area contributed by atoms with Crippen LogP contribution < -0.4 is 4.74 Å². The first-order chi connectivity index (χ1) is 13.0. The first-order valence-corrected chi connectivity index (χ1v) is 9.95. The van der Waals surface area contributed by atoms with Crippen molar-refractivity contribution in [3.63, 3.8) is 0 Å². The summed E-state index contributed by atoms with van der Waals surface area (Å²) in [6.45, 7) is 3.82. The minimum Gasteiger partial charge on any atom is -0.474 e. The highest BCUT2D eigenvalue weighted by molar-refractivity contribution is 6.30. The summed E-state index contributed by atoms with van der Waals surface area (Å²) in [5.41, 5.74) is 2.01. The zero-order chi connectivity index (χ0) is 19.0. The Kier molecular flexibility index (Phi) is 5.14. The lowest BCUT2D eigenvalue weighted by atomic mass is 9.79. The Labute approximate surface area is 165 Å². The monoisotopic (exact) mass is 390 g/mol. The summed E-state index contributed by atoms with van der Waals surface area (Å²) in [6, 6.07) is 6.09. The quantitative estimate of drug-likeness (QED) is 0.783. The number of ether oxygens (including phenoxy) is 2. The summed E-state index contributed by atoms with van der Waals surface area (Å²) in [6.07, 6.45) is 5.89. The van der Waals surface area contributed by atoms with Crippen molar-refractivity contribution in [1.82, 2.24) is 19.7 Å². The van der Waals surface area contributed by atoms with Crippen molar-refractivity contribution in [2.75, 3.05) is 13.7 Å². The van der Waals surface area contributed by atoms with Crippen LogP contribution in [-0.4, -0.2) is 51.1 Å². The van der Waals surface area contributed by atoms with Gasteiger partial charge in [-0.25, -0.2) is 4.98 Å². The van der Waals surface area contributed by atoms with Gasteiger partial charge in [-0.1, -0.05) is 17.7 Å².